The van der Waals surface area contributed by atoms with E-state index in [0.717, 1.165) is 0 Å². The zero-order chi connectivity index (χ0) is 22.4. The molecular weight excluding hydrogens is 457 g/mol. The minimum atomic E-state index is -0.348. The van der Waals surface area contributed by atoms with E-state index in [2.05, 4.69) is 20.8 Å². The quantitative estimate of drug-likeness (QED) is 0.453. The van der Waals surface area contributed by atoms with Crippen LogP contribution in [0.25, 0.3) is 0 Å². The van der Waals surface area contributed by atoms with Crippen molar-refractivity contribution >= 4 is 52.5 Å². The molecule has 0 saturated carbocycles. The number of rotatable bonds is 8. The first-order chi connectivity index (χ1) is 14.9. The van der Waals surface area contributed by atoms with Crippen molar-refractivity contribution in [2.24, 2.45) is 0 Å². The van der Waals surface area contributed by atoms with Crippen molar-refractivity contribution in [2.75, 3.05) is 11.1 Å². The Labute approximate surface area is 194 Å². The zero-order valence-electron chi connectivity index (χ0n) is 16.9. The van der Waals surface area contributed by atoms with Crippen molar-refractivity contribution in [3.63, 3.8) is 0 Å². The topological polar surface area (TPSA) is 88.9 Å². The van der Waals surface area contributed by atoms with Crippen molar-refractivity contribution in [1.82, 2.24) is 20.1 Å². The highest BCUT2D eigenvalue weighted by molar-refractivity contribution is 7.99. The van der Waals surface area contributed by atoms with Gasteiger partial charge in [0, 0.05) is 17.8 Å². The molecule has 1 aromatic heterocycles. The van der Waals surface area contributed by atoms with Crippen LogP contribution in [-0.4, -0.2) is 32.3 Å². The molecule has 0 radical (unpaired) electrons. The van der Waals surface area contributed by atoms with Gasteiger partial charge < -0.3 is 15.2 Å². The number of benzene rings is 2. The number of nitrogens with zero attached hydrogens (tertiary/aromatic N) is 3. The average molecular weight is 478 g/mol. The Bertz CT molecular complexity index is 1070. The Kier molecular flexibility index (Phi) is 7.95. The Hall–Kier alpha value is -2.55. The summed E-state index contributed by atoms with van der Waals surface area (Å²) in [6.07, 6.45) is 0. The van der Waals surface area contributed by atoms with Crippen LogP contribution in [0.3, 0.4) is 0 Å². The van der Waals surface area contributed by atoms with Gasteiger partial charge in [0.15, 0.2) is 11.0 Å². The first-order valence-corrected chi connectivity index (χ1v) is 11.3. The number of aromatic nitrogens is 3. The monoisotopic (exact) mass is 477 g/mol. The van der Waals surface area contributed by atoms with E-state index in [1.807, 2.05) is 36.6 Å². The van der Waals surface area contributed by atoms with Crippen LogP contribution in [-0.2, 0) is 11.3 Å². The summed E-state index contributed by atoms with van der Waals surface area (Å²) in [6.45, 7) is 4.41. The molecule has 3 rings (SSSR count). The number of carbonyl (C=O) groups is 2. The third kappa shape index (κ3) is 6.00. The molecule has 31 heavy (non-hydrogen) atoms. The summed E-state index contributed by atoms with van der Waals surface area (Å²) >= 11 is 13.1. The molecule has 0 bridgehead atoms. The van der Waals surface area contributed by atoms with E-state index in [-0.39, 0.29) is 23.6 Å². The Balaban J connectivity index is 1.62. The van der Waals surface area contributed by atoms with Crippen LogP contribution in [0.15, 0.2) is 53.7 Å². The minimum Gasteiger partial charge on any atom is -0.342 e. The molecule has 0 aliphatic carbocycles. The third-order valence-electron chi connectivity index (χ3n) is 4.37. The summed E-state index contributed by atoms with van der Waals surface area (Å²) < 4.78 is 1.88. The van der Waals surface area contributed by atoms with Gasteiger partial charge in [0.05, 0.1) is 21.8 Å². The highest BCUT2D eigenvalue weighted by Gasteiger charge is 2.20. The molecular formula is C21H21Cl2N5O2S. The maximum Gasteiger partial charge on any atom is 0.251 e. The van der Waals surface area contributed by atoms with Gasteiger partial charge in [0.25, 0.3) is 5.91 Å². The van der Waals surface area contributed by atoms with E-state index in [9.17, 15) is 9.59 Å². The molecule has 2 amide bonds. The fourth-order valence-electron chi connectivity index (χ4n) is 2.86. The van der Waals surface area contributed by atoms with Crippen LogP contribution in [0.1, 0.15) is 36.1 Å². The lowest BCUT2D eigenvalue weighted by Gasteiger charge is -2.15. The second kappa shape index (κ2) is 10.7. The van der Waals surface area contributed by atoms with Gasteiger partial charge in [-0.1, -0.05) is 53.2 Å². The number of hydrogen-bond acceptors (Lipinski definition) is 5. The summed E-state index contributed by atoms with van der Waals surface area (Å²) in [5, 5.41) is 15.5. The Morgan fingerprint density at radius 2 is 1.84 bits per heavy atom. The van der Waals surface area contributed by atoms with Gasteiger partial charge in [-0.3, -0.25) is 9.59 Å². The fourth-order valence-corrected chi connectivity index (χ4v) is 3.97. The number of anilines is 1. The molecule has 0 saturated heterocycles. The van der Waals surface area contributed by atoms with Crippen LogP contribution >= 0.6 is 35.0 Å². The smallest absolute Gasteiger partial charge is 0.251 e. The van der Waals surface area contributed by atoms with Gasteiger partial charge in [0.2, 0.25) is 5.91 Å². The van der Waals surface area contributed by atoms with E-state index in [1.165, 1.54) is 11.8 Å². The standard InChI is InChI=1S/C21H21Cl2N5O2S/c1-3-28-19(13(2)24-20(30)14-7-5-4-6-8-14)26-27-21(28)31-12-18(29)25-15-9-10-16(22)17(23)11-15/h4-11,13H,3,12H2,1-2H3,(H,24,30)(H,25,29)/t13-/m0/s1. The van der Waals surface area contributed by atoms with Gasteiger partial charge in [-0.15, -0.1) is 10.2 Å². The van der Waals surface area contributed by atoms with Crippen LogP contribution in [0.5, 0.6) is 0 Å². The summed E-state index contributed by atoms with van der Waals surface area (Å²) in [7, 11) is 0. The molecule has 1 heterocycles. The van der Waals surface area contributed by atoms with Crippen LogP contribution in [0, 0.1) is 0 Å². The molecule has 2 N–H and O–H groups in total. The highest BCUT2D eigenvalue weighted by Crippen LogP contribution is 2.26. The first kappa shape index (κ1) is 23.1. The molecule has 0 aliphatic heterocycles. The van der Waals surface area contributed by atoms with E-state index in [4.69, 9.17) is 23.2 Å². The van der Waals surface area contributed by atoms with Gasteiger partial charge in [-0.25, -0.2) is 0 Å². The lowest BCUT2D eigenvalue weighted by Crippen LogP contribution is -2.28. The van der Waals surface area contributed by atoms with E-state index >= 15 is 0 Å². The van der Waals surface area contributed by atoms with Crippen molar-refractivity contribution in [1.29, 1.82) is 0 Å². The zero-order valence-corrected chi connectivity index (χ0v) is 19.3. The van der Waals surface area contributed by atoms with Crippen LogP contribution in [0.2, 0.25) is 10.0 Å². The number of nitrogens with one attached hydrogen (secondary N) is 2. The van der Waals surface area contributed by atoms with Crippen molar-refractivity contribution < 1.29 is 9.59 Å². The number of thioether (sulfide) groups is 1. The van der Waals surface area contributed by atoms with Gasteiger partial charge in [-0.2, -0.15) is 0 Å². The third-order valence-corrected chi connectivity index (χ3v) is 6.07. The first-order valence-electron chi connectivity index (χ1n) is 9.55. The van der Waals surface area contributed by atoms with Crippen LogP contribution in [0.4, 0.5) is 5.69 Å². The molecule has 3 aromatic rings. The lowest BCUT2D eigenvalue weighted by molar-refractivity contribution is -0.113. The average Bonchev–Trinajstić information content (AvgIpc) is 3.18. The summed E-state index contributed by atoms with van der Waals surface area (Å²) in [5.41, 5.74) is 1.14. The summed E-state index contributed by atoms with van der Waals surface area (Å²) in [5.74, 6) is 0.373. The molecule has 10 heteroatoms. The molecule has 0 unspecified atom stereocenters. The van der Waals surface area contributed by atoms with Gasteiger partial charge >= 0.3 is 0 Å². The number of carbonyl (C=O) groups excluding carboxylic acids is 2. The Morgan fingerprint density at radius 3 is 2.52 bits per heavy atom. The molecule has 0 aliphatic rings. The second-order valence-electron chi connectivity index (χ2n) is 6.61. The van der Waals surface area contributed by atoms with Gasteiger partial charge in [-0.05, 0) is 44.2 Å². The van der Waals surface area contributed by atoms with Crippen molar-refractivity contribution in [3.8, 4) is 0 Å². The van der Waals surface area contributed by atoms with Crippen LogP contribution < -0.4 is 10.6 Å². The Morgan fingerprint density at radius 1 is 1.10 bits per heavy atom. The normalized spacial score (nSPS) is 11.7. The SMILES string of the molecule is CCn1c(SCC(=O)Nc2ccc(Cl)c(Cl)c2)nnc1[C@H](C)NC(=O)c1ccccc1. The lowest BCUT2D eigenvalue weighted by atomic mass is 10.2. The molecule has 0 fully saturated rings. The van der Waals surface area contributed by atoms with Crippen molar-refractivity contribution in [2.45, 2.75) is 31.6 Å². The molecule has 1 atom stereocenters. The van der Waals surface area contributed by atoms with Crippen molar-refractivity contribution in [3.05, 3.63) is 70.0 Å². The maximum absolute atomic E-state index is 12.4. The van der Waals surface area contributed by atoms with Gasteiger partial charge in [0.1, 0.15) is 0 Å². The molecule has 2 aromatic carbocycles. The number of amides is 2. The predicted octanol–water partition coefficient (Wildman–Crippen LogP) is 4.83. The van der Waals surface area contributed by atoms with E-state index in [1.54, 1.807) is 30.3 Å². The summed E-state index contributed by atoms with van der Waals surface area (Å²) in [6, 6.07) is 13.5. The molecule has 0 spiro atoms. The largest absolute Gasteiger partial charge is 0.342 e. The fraction of sp³-hybridized carbons (Fsp3) is 0.238. The molecule has 162 valence electrons. The van der Waals surface area contributed by atoms with E-state index in [0.29, 0.717) is 38.8 Å². The highest BCUT2D eigenvalue weighted by atomic mass is 35.5. The summed E-state index contributed by atoms with van der Waals surface area (Å²) in [4.78, 5) is 24.7. The molecule has 7 nitrogen and oxygen atoms in total. The maximum atomic E-state index is 12.4. The number of halogens is 2. The predicted molar refractivity (Wildman–Crippen MR) is 124 cm³/mol. The number of hydrogen-bond donors (Lipinski definition) is 2. The van der Waals surface area contributed by atoms with E-state index < -0.39 is 0 Å². The minimum absolute atomic E-state index is 0.142. The second-order valence-corrected chi connectivity index (χ2v) is 8.37.